The van der Waals surface area contributed by atoms with E-state index in [1.807, 2.05) is 4.90 Å². The van der Waals surface area contributed by atoms with Gasteiger partial charge >= 0.3 is 5.97 Å². The third-order valence-corrected chi connectivity index (χ3v) is 3.19. The molecule has 0 atom stereocenters. The summed E-state index contributed by atoms with van der Waals surface area (Å²) in [5, 5.41) is 0. The lowest BCUT2D eigenvalue weighted by molar-refractivity contribution is -0.181. The number of esters is 1. The van der Waals surface area contributed by atoms with Gasteiger partial charge in [0.25, 0.3) is 5.70 Å². The zero-order valence-corrected chi connectivity index (χ0v) is 10.3. The minimum atomic E-state index is -0.598. The first-order chi connectivity index (χ1) is 8.69. The first-order valence-corrected chi connectivity index (χ1v) is 5.89. The number of methoxy groups -OCH3 is 1. The Labute approximate surface area is 106 Å². The highest BCUT2D eigenvalue weighted by atomic mass is 16.7. The number of nitrogens with zero attached hydrogens (tertiary/aromatic N) is 2. The largest absolute Gasteiger partial charge is 0.474 e. The van der Waals surface area contributed by atoms with Crippen molar-refractivity contribution in [2.45, 2.75) is 18.6 Å². The molecule has 18 heavy (non-hydrogen) atoms. The van der Waals surface area contributed by atoms with Crippen LogP contribution in [0.4, 0.5) is 0 Å². The van der Waals surface area contributed by atoms with E-state index in [-0.39, 0.29) is 5.70 Å². The quantitative estimate of drug-likeness (QED) is 0.412. The van der Waals surface area contributed by atoms with Gasteiger partial charge in [-0.2, -0.15) is 0 Å². The van der Waals surface area contributed by atoms with Crippen LogP contribution < -0.4 is 0 Å². The lowest BCUT2D eigenvalue weighted by atomic mass is 10.0. The van der Waals surface area contributed by atoms with Crippen LogP contribution in [0.1, 0.15) is 12.8 Å². The van der Waals surface area contributed by atoms with Crippen LogP contribution in [0.3, 0.4) is 0 Å². The maximum atomic E-state index is 11.3. The average molecular weight is 252 g/mol. The van der Waals surface area contributed by atoms with E-state index in [4.69, 9.17) is 16.0 Å². The van der Waals surface area contributed by atoms with Crippen LogP contribution in [0.25, 0.3) is 4.85 Å². The fraction of sp³-hybridized carbons (Fsp3) is 0.667. The fourth-order valence-electron chi connectivity index (χ4n) is 2.18. The van der Waals surface area contributed by atoms with Crippen molar-refractivity contribution in [2.24, 2.45) is 0 Å². The van der Waals surface area contributed by atoms with Crippen molar-refractivity contribution < 1.29 is 19.0 Å². The fourth-order valence-corrected chi connectivity index (χ4v) is 2.18. The van der Waals surface area contributed by atoms with Gasteiger partial charge in [0.05, 0.1) is 26.9 Å². The third-order valence-electron chi connectivity index (χ3n) is 3.19. The van der Waals surface area contributed by atoms with Crippen molar-refractivity contribution in [1.82, 2.24) is 4.90 Å². The topological polar surface area (TPSA) is 52.4 Å². The third kappa shape index (κ3) is 2.63. The van der Waals surface area contributed by atoms with Crippen LogP contribution >= 0.6 is 0 Å². The molecule has 2 fully saturated rings. The maximum Gasteiger partial charge on any atom is 0.337 e. The highest BCUT2D eigenvalue weighted by Crippen LogP contribution is 2.31. The van der Waals surface area contributed by atoms with Gasteiger partial charge in [-0.1, -0.05) is 0 Å². The van der Waals surface area contributed by atoms with E-state index < -0.39 is 11.8 Å². The molecular weight excluding hydrogens is 236 g/mol. The molecule has 0 N–H and O–H groups in total. The molecule has 0 amide bonds. The van der Waals surface area contributed by atoms with Crippen molar-refractivity contribution in [1.29, 1.82) is 0 Å². The van der Waals surface area contributed by atoms with Gasteiger partial charge in [-0.3, -0.25) is 4.79 Å². The Balaban J connectivity index is 1.95. The first-order valence-electron chi connectivity index (χ1n) is 5.89. The zero-order chi connectivity index (χ0) is 13.0. The molecule has 6 nitrogen and oxygen atoms in total. The van der Waals surface area contributed by atoms with E-state index in [1.165, 1.54) is 7.11 Å². The number of ether oxygens (including phenoxy) is 3. The minimum Gasteiger partial charge on any atom is -0.474 e. The van der Waals surface area contributed by atoms with E-state index in [9.17, 15) is 4.79 Å². The Kier molecular flexibility index (Phi) is 3.84. The molecule has 0 aromatic rings. The standard InChI is InChI=1S/C12H16N2O4/c1-13-10(11(15)16-2)9-14-5-3-12(4-6-14)17-7-8-18-12/h9H,3-8H2,2H3/b10-9+. The molecule has 6 heteroatoms. The van der Waals surface area contributed by atoms with E-state index in [1.54, 1.807) is 6.20 Å². The first kappa shape index (κ1) is 12.9. The molecule has 2 saturated heterocycles. The Morgan fingerprint density at radius 2 is 2.00 bits per heavy atom. The summed E-state index contributed by atoms with van der Waals surface area (Å²) in [6.07, 6.45) is 3.05. The van der Waals surface area contributed by atoms with Crippen LogP contribution in [0, 0.1) is 6.57 Å². The molecule has 98 valence electrons. The Morgan fingerprint density at radius 1 is 1.39 bits per heavy atom. The Hall–Kier alpha value is -1.58. The second kappa shape index (κ2) is 5.38. The van der Waals surface area contributed by atoms with E-state index in [0.717, 1.165) is 12.8 Å². The second-order valence-electron chi connectivity index (χ2n) is 4.26. The molecule has 0 unspecified atom stereocenters. The molecule has 2 aliphatic heterocycles. The number of rotatable bonds is 2. The average Bonchev–Trinajstić information content (AvgIpc) is 2.86. The van der Waals surface area contributed by atoms with Crippen LogP contribution in [-0.4, -0.2) is 50.1 Å². The molecule has 2 aliphatic rings. The van der Waals surface area contributed by atoms with E-state index in [0.29, 0.717) is 26.3 Å². The lowest BCUT2D eigenvalue weighted by Crippen LogP contribution is -2.43. The van der Waals surface area contributed by atoms with Gasteiger partial charge < -0.3 is 19.1 Å². The summed E-state index contributed by atoms with van der Waals surface area (Å²) in [7, 11) is 1.27. The van der Waals surface area contributed by atoms with E-state index in [2.05, 4.69) is 9.58 Å². The number of carbonyl (C=O) groups excluding carboxylic acids is 1. The second-order valence-corrected chi connectivity index (χ2v) is 4.26. The Bertz CT molecular complexity index is 383. The van der Waals surface area contributed by atoms with Crippen molar-refractivity contribution in [2.75, 3.05) is 33.4 Å². The summed E-state index contributed by atoms with van der Waals surface area (Å²) in [5.74, 6) is -1.04. The number of hydrogen-bond donors (Lipinski definition) is 0. The van der Waals surface area contributed by atoms with Crippen LogP contribution in [-0.2, 0) is 19.0 Å². The normalized spacial score (nSPS) is 22.9. The number of likely N-dealkylation sites (tertiary alicyclic amines) is 1. The molecule has 0 aliphatic carbocycles. The molecule has 2 heterocycles. The number of piperidine rings is 1. The summed E-state index contributed by atoms with van der Waals surface area (Å²) < 4.78 is 15.8. The molecule has 0 bridgehead atoms. The van der Waals surface area contributed by atoms with Crippen molar-refractivity contribution in [3.8, 4) is 0 Å². The van der Waals surface area contributed by atoms with Gasteiger partial charge in [-0.05, 0) is 0 Å². The van der Waals surface area contributed by atoms with Gasteiger partial charge in [-0.15, -0.1) is 0 Å². The summed E-state index contributed by atoms with van der Waals surface area (Å²) in [6.45, 7) is 9.65. The highest BCUT2D eigenvalue weighted by molar-refractivity contribution is 5.90. The molecule has 0 aromatic heterocycles. The molecule has 0 radical (unpaired) electrons. The van der Waals surface area contributed by atoms with Gasteiger partial charge in [0.1, 0.15) is 0 Å². The van der Waals surface area contributed by atoms with Crippen molar-refractivity contribution in [3.05, 3.63) is 23.3 Å². The smallest absolute Gasteiger partial charge is 0.337 e. The molecular formula is C12H16N2O4. The number of carbonyl (C=O) groups is 1. The minimum absolute atomic E-state index is 0.00158. The van der Waals surface area contributed by atoms with Crippen LogP contribution in [0.15, 0.2) is 11.9 Å². The van der Waals surface area contributed by atoms with Gasteiger partial charge in [-0.25, -0.2) is 4.85 Å². The van der Waals surface area contributed by atoms with Gasteiger partial charge in [0, 0.05) is 32.1 Å². The molecule has 1 spiro atoms. The van der Waals surface area contributed by atoms with Gasteiger partial charge in [0.15, 0.2) is 5.79 Å². The predicted octanol–water partition coefficient (Wildman–Crippen LogP) is 0.759. The highest BCUT2D eigenvalue weighted by Gasteiger charge is 2.39. The molecule has 0 saturated carbocycles. The zero-order valence-electron chi connectivity index (χ0n) is 10.3. The summed E-state index contributed by atoms with van der Waals surface area (Å²) in [4.78, 5) is 16.4. The summed E-state index contributed by atoms with van der Waals surface area (Å²) in [6, 6.07) is 0. The Morgan fingerprint density at radius 3 is 2.50 bits per heavy atom. The SMILES string of the molecule is [C-]#[N+]/C(=C/N1CCC2(CC1)OCCO2)C(=O)OC. The molecule has 0 aromatic carbocycles. The van der Waals surface area contributed by atoms with Gasteiger partial charge in [0.2, 0.25) is 0 Å². The van der Waals surface area contributed by atoms with Crippen LogP contribution in [0.5, 0.6) is 0 Å². The maximum absolute atomic E-state index is 11.3. The number of hydrogen-bond acceptors (Lipinski definition) is 5. The lowest BCUT2D eigenvalue weighted by Gasteiger charge is -2.37. The molecule has 2 rings (SSSR count). The monoisotopic (exact) mass is 252 g/mol. The van der Waals surface area contributed by atoms with Crippen LogP contribution in [0.2, 0.25) is 0 Å². The summed E-state index contributed by atoms with van der Waals surface area (Å²) in [5.41, 5.74) is 0.00158. The summed E-state index contributed by atoms with van der Waals surface area (Å²) >= 11 is 0. The van der Waals surface area contributed by atoms with Crippen molar-refractivity contribution in [3.63, 3.8) is 0 Å². The predicted molar refractivity (Wildman–Crippen MR) is 62.1 cm³/mol. The van der Waals surface area contributed by atoms with E-state index >= 15 is 0 Å². The van der Waals surface area contributed by atoms with Crippen molar-refractivity contribution >= 4 is 5.97 Å².